The predicted molar refractivity (Wildman–Crippen MR) is 116 cm³/mol. The Hall–Kier alpha value is -3.12. The number of hydrogen-bond donors (Lipinski definition) is 1. The van der Waals surface area contributed by atoms with Crippen LogP contribution in [0.1, 0.15) is 12.0 Å². The number of amides is 1. The molecule has 3 aromatic rings. The lowest BCUT2D eigenvalue weighted by Crippen LogP contribution is -2.25. The van der Waals surface area contributed by atoms with Crippen LogP contribution in [0.15, 0.2) is 78.9 Å². The van der Waals surface area contributed by atoms with E-state index in [1.165, 1.54) is 4.31 Å². The summed E-state index contributed by atoms with van der Waals surface area (Å²) >= 11 is 0. The zero-order valence-electron chi connectivity index (χ0n) is 15.9. The maximum Gasteiger partial charge on any atom is 0.235 e. The van der Waals surface area contributed by atoms with Gasteiger partial charge in [0.1, 0.15) is 0 Å². The van der Waals surface area contributed by atoms with Crippen LogP contribution in [0.4, 0.5) is 11.4 Å². The van der Waals surface area contributed by atoms with Gasteiger partial charge in [0.2, 0.25) is 15.9 Å². The fraction of sp³-hybridized carbons (Fsp3) is 0.174. The zero-order valence-corrected chi connectivity index (χ0v) is 16.7. The molecule has 0 bridgehead atoms. The van der Waals surface area contributed by atoms with E-state index in [0.717, 1.165) is 16.7 Å². The lowest BCUT2D eigenvalue weighted by Gasteiger charge is -2.17. The SMILES string of the molecule is O=C(Cc1ccc(-c2ccccc2)cc1)Nc1cccc(N2CCCS2(=O)=O)c1. The van der Waals surface area contributed by atoms with Crippen LogP contribution in [0.25, 0.3) is 11.1 Å². The van der Waals surface area contributed by atoms with E-state index in [9.17, 15) is 13.2 Å². The van der Waals surface area contributed by atoms with Gasteiger partial charge in [0, 0.05) is 12.2 Å². The molecule has 1 N–H and O–H groups in total. The Morgan fingerprint density at radius 2 is 1.62 bits per heavy atom. The van der Waals surface area contributed by atoms with E-state index in [-0.39, 0.29) is 18.1 Å². The van der Waals surface area contributed by atoms with Gasteiger partial charge in [-0.2, -0.15) is 0 Å². The normalized spacial score (nSPS) is 15.2. The van der Waals surface area contributed by atoms with Gasteiger partial charge in [-0.05, 0) is 41.3 Å². The fourth-order valence-corrected chi connectivity index (χ4v) is 5.06. The largest absolute Gasteiger partial charge is 0.326 e. The van der Waals surface area contributed by atoms with E-state index in [1.807, 2.05) is 42.5 Å². The summed E-state index contributed by atoms with van der Waals surface area (Å²) in [6.45, 7) is 0.480. The van der Waals surface area contributed by atoms with Crippen molar-refractivity contribution >= 4 is 27.3 Å². The smallest absolute Gasteiger partial charge is 0.235 e. The summed E-state index contributed by atoms with van der Waals surface area (Å²) in [5, 5.41) is 2.87. The predicted octanol–water partition coefficient (Wildman–Crippen LogP) is 4.07. The Labute approximate surface area is 171 Å². The molecule has 148 valence electrons. The van der Waals surface area contributed by atoms with Crippen molar-refractivity contribution in [3.63, 3.8) is 0 Å². The first-order valence-corrected chi connectivity index (χ1v) is 11.2. The molecule has 1 fully saturated rings. The van der Waals surface area contributed by atoms with Gasteiger partial charge >= 0.3 is 0 Å². The van der Waals surface area contributed by atoms with Crippen LogP contribution in [0.5, 0.6) is 0 Å². The lowest BCUT2D eigenvalue weighted by atomic mass is 10.0. The average Bonchev–Trinajstić information content (AvgIpc) is 3.08. The number of carbonyl (C=O) groups excluding carboxylic acids is 1. The standard InChI is InChI=1S/C23H22N2O3S/c26-23(16-18-10-12-20(13-11-18)19-6-2-1-3-7-19)24-21-8-4-9-22(17-21)25-14-5-15-29(25,27)28/h1-4,6-13,17H,5,14-16H2,(H,24,26). The first-order valence-electron chi connectivity index (χ1n) is 9.56. The molecule has 0 aromatic heterocycles. The Kier molecular flexibility index (Phi) is 5.36. The molecule has 6 heteroatoms. The third-order valence-electron chi connectivity index (χ3n) is 4.94. The molecule has 1 amide bonds. The van der Waals surface area contributed by atoms with Crippen molar-refractivity contribution in [2.45, 2.75) is 12.8 Å². The molecule has 0 spiro atoms. The van der Waals surface area contributed by atoms with Gasteiger partial charge in [-0.1, -0.05) is 60.7 Å². The third-order valence-corrected chi connectivity index (χ3v) is 6.81. The number of nitrogens with zero attached hydrogens (tertiary/aromatic N) is 1. The number of rotatable bonds is 5. The quantitative estimate of drug-likeness (QED) is 0.694. The highest BCUT2D eigenvalue weighted by Crippen LogP contribution is 2.26. The van der Waals surface area contributed by atoms with Gasteiger partial charge in [0.15, 0.2) is 0 Å². The molecule has 0 aliphatic carbocycles. The van der Waals surface area contributed by atoms with Crippen LogP contribution >= 0.6 is 0 Å². The van der Waals surface area contributed by atoms with E-state index in [4.69, 9.17) is 0 Å². The molecule has 0 radical (unpaired) electrons. The summed E-state index contributed by atoms with van der Waals surface area (Å²) in [5.74, 6) is 0.0293. The first kappa shape index (κ1) is 19.2. The van der Waals surface area contributed by atoms with Crippen molar-refractivity contribution < 1.29 is 13.2 Å². The number of anilines is 2. The highest BCUT2D eigenvalue weighted by atomic mass is 32.2. The Morgan fingerprint density at radius 1 is 0.897 bits per heavy atom. The van der Waals surface area contributed by atoms with Crippen molar-refractivity contribution in [1.82, 2.24) is 0 Å². The Bertz CT molecular complexity index is 1110. The molecule has 1 aliphatic rings. The topological polar surface area (TPSA) is 66.5 Å². The van der Waals surface area contributed by atoms with Crippen LogP contribution in [0, 0.1) is 0 Å². The molecule has 0 atom stereocenters. The van der Waals surface area contributed by atoms with Crippen molar-refractivity contribution in [3.05, 3.63) is 84.4 Å². The van der Waals surface area contributed by atoms with Crippen molar-refractivity contribution in [2.75, 3.05) is 21.9 Å². The first-order chi connectivity index (χ1) is 14.0. The maximum absolute atomic E-state index is 12.5. The molecule has 3 aromatic carbocycles. The molecule has 0 saturated carbocycles. The molecule has 1 aliphatic heterocycles. The molecular formula is C23H22N2O3S. The minimum atomic E-state index is -3.24. The van der Waals surface area contributed by atoms with Gasteiger partial charge in [0.25, 0.3) is 0 Å². The van der Waals surface area contributed by atoms with E-state index in [2.05, 4.69) is 17.4 Å². The van der Waals surface area contributed by atoms with E-state index >= 15 is 0 Å². The van der Waals surface area contributed by atoms with Crippen molar-refractivity contribution in [3.8, 4) is 11.1 Å². The van der Waals surface area contributed by atoms with Crippen LogP contribution in [0.3, 0.4) is 0 Å². The average molecular weight is 407 g/mol. The second-order valence-corrected chi connectivity index (χ2v) is 9.09. The van der Waals surface area contributed by atoms with Crippen LogP contribution in [-0.2, 0) is 21.2 Å². The number of benzene rings is 3. The molecule has 29 heavy (non-hydrogen) atoms. The molecule has 4 rings (SSSR count). The van der Waals surface area contributed by atoms with Gasteiger partial charge in [0.05, 0.1) is 17.9 Å². The van der Waals surface area contributed by atoms with Gasteiger partial charge in [-0.25, -0.2) is 8.42 Å². The highest BCUT2D eigenvalue weighted by molar-refractivity contribution is 7.93. The minimum Gasteiger partial charge on any atom is -0.326 e. The number of sulfonamides is 1. The van der Waals surface area contributed by atoms with Crippen LogP contribution in [0.2, 0.25) is 0 Å². The second kappa shape index (κ2) is 8.09. The summed E-state index contributed by atoms with van der Waals surface area (Å²) in [6.07, 6.45) is 0.874. The molecule has 5 nitrogen and oxygen atoms in total. The Morgan fingerprint density at radius 3 is 2.31 bits per heavy atom. The Balaban J connectivity index is 1.42. The summed E-state index contributed by atoms with van der Waals surface area (Å²) in [4.78, 5) is 12.5. The minimum absolute atomic E-state index is 0.140. The summed E-state index contributed by atoms with van der Waals surface area (Å²) in [6, 6.07) is 25.0. The van der Waals surface area contributed by atoms with Gasteiger partial charge in [-0.3, -0.25) is 9.10 Å². The highest BCUT2D eigenvalue weighted by Gasteiger charge is 2.28. The molecule has 1 heterocycles. The van der Waals surface area contributed by atoms with E-state index in [0.29, 0.717) is 24.3 Å². The fourth-order valence-electron chi connectivity index (χ4n) is 3.50. The third kappa shape index (κ3) is 4.49. The van der Waals surface area contributed by atoms with Gasteiger partial charge in [-0.15, -0.1) is 0 Å². The molecule has 0 unspecified atom stereocenters. The van der Waals surface area contributed by atoms with E-state index < -0.39 is 10.0 Å². The monoisotopic (exact) mass is 406 g/mol. The second-order valence-electron chi connectivity index (χ2n) is 7.08. The summed E-state index contributed by atoms with van der Waals surface area (Å²) < 4.78 is 25.6. The van der Waals surface area contributed by atoms with Crippen molar-refractivity contribution in [1.29, 1.82) is 0 Å². The molecular weight excluding hydrogens is 384 g/mol. The van der Waals surface area contributed by atoms with Gasteiger partial charge < -0.3 is 5.32 Å². The zero-order chi connectivity index (χ0) is 20.3. The summed E-state index contributed by atoms with van der Waals surface area (Å²) in [7, 11) is -3.24. The maximum atomic E-state index is 12.5. The lowest BCUT2D eigenvalue weighted by molar-refractivity contribution is -0.115. The number of carbonyl (C=O) groups is 1. The van der Waals surface area contributed by atoms with Crippen molar-refractivity contribution in [2.24, 2.45) is 0 Å². The number of hydrogen-bond acceptors (Lipinski definition) is 3. The number of nitrogens with one attached hydrogen (secondary N) is 1. The van der Waals surface area contributed by atoms with Crippen LogP contribution < -0.4 is 9.62 Å². The van der Waals surface area contributed by atoms with Crippen LogP contribution in [-0.4, -0.2) is 26.6 Å². The molecule has 1 saturated heterocycles. The summed E-state index contributed by atoms with van der Waals surface area (Å²) in [5.41, 5.74) is 4.34. The van der Waals surface area contributed by atoms with E-state index in [1.54, 1.807) is 24.3 Å².